The van der Waals surface area contributed by atoms with Gasteiger partial charge >= 0.3 is 0 Å². The van der Waals surface area contributed by atoms with Gasteiger partial charge < -0.3 is 10.2 Å². The molecule has 1 fully saturated rings. The van der Waals surface area contributed by atoms with Gasteiger partial charge in [-0.25, -0.2) is 0 Å². The SMILES string of the molecule is C=CCN(C)CCNC1CC1. The molecule has 0 amide bonds. The third kappa shape index (κ3) is 4.17. The third-order valence-corrected chi connectivity index (χ3v) is 1.94. The summed E-state index contributed by atoms with van der Waals surface area (Å²) in [7, 11) is 2.12. The molecule has 0 saturated heterocycles. The lowest BCUT2D eigenvalue weighted by atomic mass is 10.5. The predicted molar refractivity (Wildman–Crippen MR) is 48.7 cm³/mol. The summed E-state index contributed by atoms with van der Waals surface area (Å²) in [6.45, 7) is 6.93. The van der Waals surface area contributed by atoms with Gasteiger partial charge in [0.05, 0.1) is 0 Å². The highest BCUT2D eigenvalue weighted by atomic mass is 15.1. The number of likely N-dealkylation sites (N-methyl/N-ethyl adjacent to an activating group) is 1. The van der Waals surface area contributed by atoms with E-state index in [0.717, 1.165) is 25.7 Å². The van der Waals surface area contributed by atoms with Gasteiger partial charge in [-0.2, -0.15) is 0 Å². The minimum Gasteiger partial charge on any atom is -0.313 e. The van der Waals surface area contributed by atoms with Crippen LogP contribution in [-0.2, 0) is 0 Å². The van der Waals surface area contributed by atoms with Crippen molar-refractivity contribution >= 4 is 0 Å². The first kappa shape index (κ1) is 8.75. The molecule has 0 aromatic carbocycles. The average Bonchev–Trinajstić information content (AvgIpc) is 2.72. The Hall–Kier alpha value is -0.340. The largest absolute Gasteiger partial charge is 0.313 e. The van der Waals surface area contributed by atoms with Crippen LogP contribution >= 0.6 is 0 Å². The molecular formula is C9H18N2. The maximum absolute atomic E-state index is 3.69. The molecule has 11 heavy (non-hydrogen) atoms. The molecule has 1 rings (SSSR count). The molecule has 0 unspecified atom stereocenters. The Balaban J connectivity index is 1.87. The van der Waals surface area contributed by atoms with E-state index < -0.39 is 0 Å². The Morgan fingerprint density at radius 1 is 1.64 bits per heavy atom. The fourth-order valence-corrected chi connectivity index (χ4v) is 1.06. The fourth-order valence-electron chi connectivity index (χ4n) is 1.06. The molecule has 0 spiro atoms. The topological polar surface area (TPSA) is 15.3 Å². The van der Waals surface area contributed by atoms with E-state index in [1.54, 1.807) is 0 Å². The average molecular weight is 154 g/mol. The molecule has 64 valence electrons. The molecule has 2 heteroatoms. The first-order chi connectivity index (χ1) is 5.33. The van der Waals surface area contributed by atoms with Crippen molar-refractivity contribution in [3.8, 4) is 0 Å². The number of rotatable bonds is 6. The summed E-state index contributed by atoms with van der Waals surface area (Å²) in [5, 5.41) is 3.47. The first-order valence-electron chi connectivity index (χ1n) is 4.35. The maximum atomic E-state index is 3.69. The van der Waals surface area contributed by atoms with Gasteiger partial charge in [0.2, 0.25) is 0 Å². The molecule has 0 aliphatic heterocycles. The smallest absolute Gasteiger partial charge is 0.0158 e. The molecular weight excluding hydrogens is 136 g/mol. The highest BCUT2D eigenvalue weighted by Crippen LogP contribution is 2.17. The molecule has 0 heterocycles. The van der Waals surface area contributed by atoms with Crippen molar-refractivity contribution in [2.45, 2.75) is 18.9 Å². The van der Waals surface area contributed by atoms with Crippen LogP contribution in [-0.4, -0.2) is 37.6 Å². The van der Waals surface area contributed by atoms with E-state index in [0.29, 0.717) is 0 Å². The Morgan fingerprint density at radius 2 is 2.36 bits per heavy atom. The lowest BCUT2D eigenvalue weighted by Crippen LogP contribution is -2.30. The third-order valence-electron chi connectivity index (χ3n) is 1.94. The molecule has 0 atom stereocenters. The zero-order valence-electron chi connectivity index (χ0n) is 7.34. The Bertz CT molecular complexity index is 119. The summed E-state index contributed by atoms with van der Waals surface area (Å²) >= 11 is 0. The highest BCUT2D eigenvalue weighted by Gasteiger charge is 2.19. The van der Waals surface area contributed by atoms with Crippen molar-refractivity contribution < 1.29 is 0 Å². The lowest BCUT2D eigenvalue weighted by molar-refractivity contribution is 0.365. The summed E-state index contributed by atoms with van der Waals surface area (Å²) in [5.74, 6) is 0. The second kappa shape index (κ2) is 4.52. The predicted octanol–water partition coefficient (Wildman–Crippen LogP) is 0.856. The normalized spacial score (nSPS) is 17.3. The number of hydrogen-bond acceptors (Lipinski definition) is 2. The van der Waals surface area contributed by atoms with Crippen LogP contribution in [0.2, 0.25) is 0 Å². The zero-order chi connectivity index (χ0) is 8.10. The zero-order valence-corrected chi connectivity index (χ0v) is 7.34. The van der Waals surface area contributed by atoms with Crippen LogP contribution in [0.1, 0.15) is 12.8 Å². The van der Waals surface area contributed by atoms with Crippen molar-refractivity contribution in [1.29, 1.82) is 0 Å². The molecule has 0 aromatic heterocycles. The summed E-state index contributed by atoms with van der Waals surface area (Å²) in [6, 6.07) is 0.840. The van der Waals surface area contributed by atoms with Crippen LogP contribution < -0.4 is 5.32 Å². The first-order valence-corrected chi connectivity index (χ1v) is 4.35. The number of nitrogens with one attached hydrogen (secondary N) is 1. The van der Waals surface area contributed by atoms with E-state index in [-0.39, 0.29) is 0 Å². The molecule has 1 aliphatic rings. The van der Waals surface area contributed by atoms with Crippen LogP contribution in [0.3, 0.4) is 0 Å². The van der Waals surface area contributed by atoms with Gasteiger partial charge in [0.1, 0.15) is 0 Å². The van der Waals surface area contributed by atoms with Crippen molar-refractivity contribution in [2.24, 2.45) is 0 Å². The van der Waals surface area contributed by atoms with Crippen LogP contribution in [0.5, 0.6) is 0 Å². The summed E-state index contributed by atoms with van der Waals surface area (Å²) in [6.07, 6.45) is 4.70. The second-order valence-corrected chi connectivity index (χ2v) is 3.28. The molecule has 0 bridgehead atoms. The summed E-state index contributed by atoms with van der Waals surface area (Å²) in [5.41, 5.74) is 0. The summed E-state index contributed by atoms with van der Waals surface area (Å²) in [4.78, 5) is 2.27. The van der Waals surface area contributed by atoms with Crippen molar-refractivity contribution in [3.05, 3.63) is 12.7 Å². The molecule has 0 aromatic rings. The van der Waals surface area contributed by atoms with E-state index in [1.165, 1.54) is 12.8 Å². The van der Waals surface area contributed by atoms with Crippen molar-refractivity contribution in [3.63, 3.8) is 0 Å². The molecule has 1 saturated carbocycles. The monoisotopic (exact) mass is 154 g/mol. The van der Waals surface area contributed by atoms with Gasteiger partial charge in [-0.3, -0.25) is 0 Å². The van der Waals surface area contributed by atoms with Crippen LogP contribution in [0, 0.1) is 0 Å². The minimum absolute atomic E-state index is 0.840. The van der Waals surface area contributed by atoms with Gasteiger partial charge in [0, 0.05) is 25.7 Å². The van der Waals surface area contributed by atoms with Gasteiger partial charge in [0.15, 0.2) is 0 Å². The molecule has 0 radical (unpaired) electrons. The van der Waals surface area contributed by atoms with E-state index in [4.69, 9.17) is 0 Å². The van der Waals surface area contributed by atoms with Crippen molar-refractivity contribution in [2.75, 3.05) is 26.7 Å². The molecule has 1 aliphatic carbocycles. The minimum atomic E-state index is 0.840. The second-order valence-electron chi connectivity index (χ2n) is 3.28. The maximum Gasteiger partial charge on any atom is 0.0158 e. The Morgan fingerprint density at radius 3 is 2.91 bits per heavy atom. The van der Waals surface area contributed by atoms with E-state index in [2.05, 4.69) is 23.8 Å². The highest BCUT2D eigenvalue weighted by molar-refractivity contribution is 4.81. The Labute approximate surface area is 69.3 Å². The molecule has 2 nitrogen and oxygen atoms in total. The van der Waals surface area contributed by atoms with Crippen LogP contribution in [0.25, 0.3) is 0 Å². The van der Waals surface area contributed by atoms with E-state index in [1.807, 2.05) is 6.08 Å². The number of nitrogens with zero attached hydrogens (tertiary/aromatic N) is 1. The van der Waals surface area contributed by atoms with Gasteiger partial charge in [-0.1, -0.05) is 6.08 Å². The lowest BCUT2D eigenvalue weighted by Gasteiger charge is -2.13. The van der Waals surface area contributed by atoms with Crippen molar-refractivity contribution in [1.82, 2.24) is 10.2 Å². The quantitative estimate of drug-likeness (QED) is 0.571. The van der Waals surface area contributed by atoms with Crippen LogP contribution in [0.15, 0.2) is 12.7 Å². The molecule has 1 N–H and O–H groups in total. The fraction of sp³-hybridized carbons (Fsp3) is 0.778. The Kier molecular flexibility index (Phi) is 3.60. The van der Waals surface area contributed by atoms with Gasteiger partial charge in [-0.15, -0.1) is 6.58 Å². The van der Waals surface area contributed by atoms with E-state index >= 15 is 0 Å². The standard InChI is InChI=1S/C9H18N2/c1-3-7-11(2)8-6-10-9-4-5-9/h3,9-10H,1,4-8H2,2H3. The van der Waals surface area contributed by atoms with Gasteiger partial charge in [-0.05, 0) is 19.9 Å². The number of hydrogen-bond donors (Lipinski definition) is 1. The van der Waals surface area contributed by atoms with Crippen LogP contribution in [0.4, 0.5) is 0 Å². The van der Waals surface area contributed by atoms with Gasteiger partial charge in [0.25, 0.3) is 0 Å². The van der Waals surface area contributed by atoms with E-state index in [9.17, 15) is 0 Å². The summed E-state index contributed by atoms with van der Waals surface area (Å²) < 4.78 is 0.